The van der Waals surface area contributed by atoms with Gasteiger partial charge in [-0.25, -0.2) is 0 Å². The summed E-state index contributed by atoms with van der Waals surface area (Å²) in [6, 6.07) is 5.17. The normalized spacial score (nSPS) is 14.4. The topological polar surface area (TPSA) is 70.7 Å². The van der Waals surface area contributed by atoms with Gasteiger partial charge in [-0.1, -0.05) is 6.07 Å². The maximum atomic E-state index is 12.1. The summed E-state index contributed by atoms with van der Waals surface area (Å²) in [5.74, 6) is -0.941. The molecule has 0 saturated carbocycles. The molecule has 2 N–H and O–H groups in total. The number of amides is 2. The Morgan fingerprint density at radius 2 is 1.88 bits per heavy atom. The van der Waals surface area contributed by atoms with Crippen molar-refractivity contribution in [2.75, 3.05) is 31.5 Å². The highest BCUT2D eigenvalue weighted by molar-refractivity contribution is 5.86. The average Bonchev–Trinajstić information content (AvgIpc) is 3.03. The minimum atomic E-state index is -4.77. The van der Waals surface area contributed by atoms with E-state index in [1.54, 1.807) is 4.90 Å². The number of ether oxygens (including phenoxy) is 1. The monoisotopic (exact) mass is 345 g/mol. The lowest BCUT2D eigenvalue weighted by Crippen LogP contribution is -2.40. The lowest BCUT2D eigenvalue weighted by molar-refractivity contribution is -0.274. The second-order valence-corrected chi connectivity index (χ2v) is 5.29. The van der Waals surface area contributed by atoms with Gasteiger partial charge in [0.15, 0.2) is 0 Å². The second-order valence-electron chi connectivity index (χ2n) is 5.29. The van der Waals surface area contributed by atoms with E-state index in [2.05, 4.69) is 15.4 Å². The molecule has 0 aromatic heterocycles. The number of halogens is 3. The Balaban J connectivity index is 1.75. The molecule has 24 heavy (non-hydrogen) atoms. The molecule has 0 spiro atoms. The van der Waals surface area contributed by atoms with Crippen LogP contribution in [0.1, 0.15) is 12.8 Å². The maximum absolute atomic E-state index is 12.1. The zero-order valence-electron chi connectivity index (χ0n) is 12.9. The molecule has 132 valence electrons. The predicted molar refractivity (Wildman–Crippen MR) is 80.4 cm³/mol. The van der Waals surface area contributed by atoms with Crippen LogP contribution in [-0.2, 0) is 9.59 Å². The first kappa shape index (κ1) is 17.9. The lowest BCUT2D eigenvalue weighted by Gasteiger charge is -2.15. The Morgan fingerprint density at radius 3 is 2.54 bits per heavy atom. The van der Waals surface area contributed by atoms with Crippen LogP contribution in [0.5, 0.6) is 5.75 Å². The fourth-order valence-electron chi connectivity index (χ4n) is 2.30. The standard InChI is InChI=1S/C15H18F3N3O3/c16-15(17,18)24-12-5-3-4-11(8-12)19-9-13(22)20-10-14(23)21-6-1-2-7-21/h3-5,8,19H,1-2,6-7,9-10H2,(H,20,22). The average molecular weight is 345 g/mol. The van der Waals surface area contributed by atoms with Crippen LogP contribution < -0.4 is 15.4 Å². The van der Waals surface area contributed by atoms with E-state index >= 15 is 0 Å². The first-order valence-electron chi connectivity index (χ1n) is 7.48. The Bertz CT molecular complexity index is 587. The van der Waals surface area contributed by atoms with Gasteiger partial charge in [0, 0.05) is 24.8 Å². The summed E-state index contributed by atoms with van der Waals surface area (Å²) in [7, 11) is 0. The lowest BCUT2D eigenvalue weighted by atomic mass is 10.3. The van der Waals surface area contributed by atoms with Gasteiger partial charge >= 0.3 is 6.36 Å². The van der Waals surface area contributed by atoms with E-state index in [1.165, 1.54) is 12.1 Å². The molecule has 9 heteroatoms. The number of hydrogen-bond acceptors (Lipinski definition) is 4. The van der Waals surface area contributed by atoms with Gasteiger partial charge in [0.1, 0.15) is 5.75 Å². The molecule has 1 aliphatic rings. The van der Waals surface area contributed by atoms with Crippen molar-refractivity contribution in [3.05, 3.63) is 24.3 Å². The molecule has 1 aromatic carbocycles. The summed E-state index contributed by atoms with van der Waals surface area (Å²) in [6.45, 7) is 1.17. The molecule has 1 aliphatic heterocycles. The van der Waals surface area contributed by atoms with Crippen molar-refractivity contribution >= 4 is 17.5 Å². The van der Waals surface area contributed by atoms with E-state index in [1.807, 2.05) is 0 Å². The number of alkyl halides is 3. The van der Waals surface area contributed by atoms with E-state index in [4.69, 9.17) is 0 Å². The smallest absolute Gasteiger partial charge is 0.406 e. The Morgan fingerprint density at radius 1 is 1.17 bits per heavy atom. The number of nitrogens with zero attached hydrogens (tertiary/aromatic N) is 1. The molecule has 0 aliphatic carbocycles. The maximum Gasteiger partial charge on any atom is 0.573 e. The molecule has 1 fully saturated rings. The number of carbonyl (C=O) groups excluding carboxylic acids is 2. The van der Waals surface area contributed by atoms with E-state index < -0.39 is 12.3 Å². The minimum Gasteiger partial charge on any atom is -0.406 e. The zero-order chi connectivity index (χ0) is 17.6. The molecule has 0 atom stereocenters. The van der Waals surface area contributed by atoms with Crippen molar-refractivity contribution < 1.29 is 27.5 Å². The molecule has 1 aromatic rings. The van der Waals surface area contributed by atoms with Crippen LogP contribution >= 0.6 is 0 Å². The van der Waals surface area contributed by atoms with E-state index in [-0.39, 0.29) is 24.7 Å². The Hall–Kier alpha value is -2.45. The van der Waals surface area contributed by atoms with Crippen LogP contribution in [0.4, 0.5) is 18.9 Å². The first-order valence-corrected chi connectivity index (χ1v) is 7.48. The summed E-state index contributed by atoms with van der Waals surface area (Å²) >= 11 is 0. The number of nitrogens with one attached hydrogen (secondary N) is 2. The number of rotatable bonds is 6. The van der Waals surface area contributed by atoms with Crippen LogP contribution in [0.3, 0.4) is 0 Å². The third kappa shape index (κ3) is 5.98. The number of benzene rings is 1. The number of hydrogen-bond donors (Lipinski definition) is 2. The van der Waals surface area contributed by atoms with E-state index in [0.717, 1.165) is 25.0 Å². The van der Waals surface area contributed by atoms with Gasteiger partial charge in [0.05, 0.1) is 13.1 Å². The van der Waals surface area contributed by atoms with Crippen LogP contribution in [0.15, 0.2) is 24.3 Å². The fraction of sp³-hybridized carbons (Fsp3) is 0.467. The van der Waals surface area contributed by atoms with Crippen molar-refractivity contribution in [1.29, 1.82) is 0 Å². The zero-order valence-corrected chi connectivity index (χ0v) is 12.9. The van der Waals surface area contributed by atoms with Gasteiger partial charge in [-0.15, -0.1) is 13.2 Å². The third-order valence-corrected chi connectivity index (χ3v) is 3.42. The van der Waals surface area contributed by atoms with E-state index in [9.17, 15) is 22.8 Å². The Labute approximate surface area is 137 Å². The largest absolute Gasteiger partial charge is 0.573 e. The van der Waals surface area contributed by atoms with Gasteiger partial charge in [0.25, 0.3) is 0 Å². The number of likely N-dealkylation sites (tertiary alicyclic amines) is 1. The highest BCUT2D eigenvalue weighted by atomic mass is 19.4. The quantitative estimate of drug-likeness (QED) is 0.824. The van der Waals surface area contributed by atoms with Crippen LogP contribution in [0.25, 0.3) is 0 Å². The molecule has 0 unspecified atom stereocenters. The molecular formula is C15H18F3N3O3. The molecule has 1 saturated heterocycles. The third-order valence-electron chi connectivity index (χ3n) is 3.42. The molecule has 2 amide bonds. The molecular weight excluding hydrogens is 327 g/mol. The van der Waals surface area contributed by atoms with Crippen molar-refractivity contribution in [3.8, 4) is 5.75 Å². The summed E-state index contributed by atoms with van der Waals surface area (Å²) in [6.07, 6.45) is -2.83. The summed E-state index contributed by atoms with van der Waals surface area (Å²) in [5.41, 5.74) is 0.303. The Kier molecular flexibility index (Phi) is 5.88. The first-order chi connectivity index (χ1) is 11.3. The predicted octanol–water partition coefficient (Wildman–Crippen LogP) is 1.74. The highest BCUT2D eigenvalue weighted by Crippen LogP contribution is 2.24. The van der Waals surface area contributed by atoms with Crippen molar-refractivity contribution in [2.45, 2.75) is 19.2 Å². The molecule has 0 radical (unpaired) electrons. The fourth-order valence-corrected chi connectivity index (χ4v) is 2.30. The SMILES string of the molecule is O=C(CNc1cccc(OC(F)(F)F)c1)NCC(=O)N1CCCC1. The highest BCUT2D eigenvalue weighted by Gasteiger charge is 2.31. The van der Waals surface area contributed by atoms with Crippen molar-refractivity contribution in [1.82, 2.24) is 10.2 Å². The summed E-state index contributed by atoms with van der Waals surface area (Å²) in [5, 5.41) is 5.16. The second kappa shape index (κ2) is 7.89. The summed E-state index contributed by atoms with van der Waals surface area (Å²) in [4.78, 5) is 25.1. The van der Waals surface area contributed by atoms with Gasteiger partial charge in [0.2, 0.25) is 11.8 Å². The van der Waals surface area contributed by atoms with Gasteiger partial charge in [-0.3, -0.25) is 9.59 Å². The number of carbonyl (C=O) groups is 2. The van der Waals surface area contributed by atoms with Crippen molar-refractivity contribution in [2.24, 2.45) is 0 Å². The summed E-state index contributed by atoms with van der Waals surface area (Å²) < 4.78 is 40.2. The van der Waals surface area contributed by atoms with Crippen LogP contribution in [-0.4, -0.2) is 49.3 Å². The van der Waals surface area contributed by atoms with Gasteiger partial charge in [-0.05, 0) is 25.0 Å². The van der Waals surface area contributed by atoms with Crippen LogP contribution in [0.2, 0.25) is 0 Å². The molecule has 0 bridgehead atoms. The number of anilines is 1. The molecule has 1 heterocycles. The van der Waals surface area contributed by atoms with Gasteiger partial charge < -0.3 is 20.3 Å². The molecule has 2 rings (SSSR count). The molecule has 6 nitrogen and oxygen atoms in total. The van der Waals surface area contributed by atoms with Gasteiger partial charge in [-0.2, -0.15) is 0 Å². The van der Waals surface area contributed by atoms with Crippen molar-refractivity contribution in [3.63, 3.8) is 0 Å². The minimum absolute atomic E-state index is 0.0856. The van der Waals surface area contributed by atoms with Crippen LogP contribution in [0, 0.1) is 0 Å². The van der Waals surface area contributed by atoms with E-state index in [0.29, 0.717) is 18.8 Å².